The minimum atomic E-state index is -1.03. The van der Waals surface area contributed by atoms with E-state index < -0.39 is 29.3 Å². The first kappa shape index (κ1) is 25.6. The van der Waals surface area contributed by atoms with Crippen molar-refractivity contribution in [1.29, 1.82) is 0 Å². The van der Waals surface area contributed by atoms with Gasteiger partial charge in [0.05, 0.1) is 44.1 Å². The molecule has 8 nitrogen and oxygen atoms in total. The van der Waals surface area contributed by atoms with Crippen LogP contribution in [0.2, 0.25) is 0 Å². The maximum atomic E-state index is 13.3. The van der Waals surface area contributed by atoms with E-state index in [4.69, 9.17) is 9.47 Å². The van der Waals surface area contributed by atoms with Crippen LogP contribution < -0.4 is 10.1 Å². The molecule has 2 atom stereocenters. The lowest BCUT2D eigenvalue weighted by Gasteiger charge is -2.32. The number of carbonyl (C=O) groups is 3. The van der Waals surface area contributed by atoms with Gasteiger partial charge in [0.25, 0.3) is 0 Å². The average Bonchev–Trinajstić information content (AvgIpc) is 3.23. The molecule has 0 heterocycles. The second kappa shape index (κ2) is 12.4. The summed E-state index contributed by atoms with van der Waals surface area (Å²) in [4.78, 5) is 36.3. The molecule has 32 heavy (non-hydrogen) atoms. The third-order valence-corrected chi connectivity index (χ3v) is 6.14. The van der Waals surface area contributed by atoms with Crippen molar-refractivity contribution in [1.82, 2.24) is 5.32 Å². The first-order chi connectivity index (χ1) is 15.3. The summed E-state index contributed by atoms with van der Waals surface area (Å²) >= 11 is 0. The fraction of sp³-hybridized carbons (Fsp3) is 0.625. The van der Waals surface area contributed by atoms with Crippen LogP contribution in [-0.2, 0) is 25.7 Å². The Balaban J connectivity index is 2.03. The van der Waals surface area contributed by atoms with Crippen molar-refractivity contribution in [3.63, 3.8) is 0 Å². The first-order valence-electron chi connectivity index (χ1n) is 11.3. The number of amides is 1. The Kier molecular flexibility index (Phi) is 9.97. The van der Waals surface area contributed by atoms with Crippen LogP contribution in [0.25, 0.3) is 0 Å². The predicted octanol–water partition coefficient (Wildman–Crippen LogP) is 3.62. The number of aliphatic carboxylic acids is 2. The molecule has 1 fully saturated rings. The summed E-state index contributed by atoms with van der Waals surface area (Å²) in [7, 11) is 1.58. The molecule has 0 radical (unpaired) electrons. The van der Waals surface area contributed by atoms with Crippen LogP contribution >= 0.6 is 0 Å². The van der Waals surface area contributed by atoms with Crippen LogP contribution in [0.1, 0.15) is 63.9 Å². The quantitative estimate of drug-likeness (QED) is 0.396. The second-order valence-electron chi connectivity index (χ2n) is 8.65. The fourth-order valence-electron chi connectivity index (χ4n) is 4.49. The van der Waals surface area contributed by atoms with E-state index in [0.29, 0.717) is 25.0 Å². The molecule has 2 unspecified atom stereocenters. The lowest BCUT2D eigenvalue weighted by Crippen LogP contribution is -2.48. The molecule has 0 saturated heterocycles. The Bertz CT molecular complexity index is 773. The number of rotatable bonds is 14. The summed E-state index contributed by atoms with van der Waals surface area (Å²) in [5.74, 6) is -2.05. The highest BCUT2D eigenvalue weighted by molar-refractivity contribution is 5.84. The van der Waals surface area contributed by atoms with E-state index >= 15 is 0 Å². The van der Waals surface area contributed by atoms with Gasteiger partial charge in [-0.25, -0.2) is 0 Å². The number of carboxylic acids is 2. The molecular formula is C24H35NO7. The molecule has 1 aromatic rings. The van der Waals surface area contributed by atoms with E-state index in [0.717, 1.165) is 24.8 Å². The fourth-order valence-corrected chi connectivity index (χ4v) is 4.49. The molecule has 1 saturated carbocycles. The van der Waals surface area contributed by atoms with Crippen molar-refractivity contribution in [2.75, 3.05) is 13.7 Å². The lowest BCUT2D eigenvalue weighted by atomic mass is 9.75. The molecule has 3 N–H and O–H groups in total. The van der Waals surface area contributed by atoms with Gasteiger partial charge in [-0.3, -0.25) is 14.4 Å². The number of benzene rings is 1. The number of hydrogen-bond acceptors (Lipinski definition) is 5. The summed E-state index contributed by atoms with van der Waals surface area (Å²) in [6, 6.07) is 6.67. The van der Waals surface area contributed by atoms with Crippen molar-refractivity contribution in [2.24, 2.45) is 11.3 Å². The summed E-state index contributed by atoms with van der Waals surface area (Å²) < 4.78 is 10.9. The highest BCUT2D eigenvalue weighted by Crippen LogP contribution is 2.44. The van der Waals surface area contributed by atoms with Crippen molar-refractivity contribution in [3.8, 4) is 5.75 Å². The van der Waals surface area contributed by atoms with Crippen LogP contribution in [0.3, 0.4) is 0 Å². The van der Waals surface area contributed by atoms with Crippen LogP contribution in [-0.4, -0.2) is 47.8 Å². The Labute approximate surface area is 189 Å². The average molecular weight is 450 g/mol. The van der Waals surface area contributed by atoms with Gasteiger partial charge in [0.15, 0.2) is 0 Å². The van der Waals surface area contributed by atoms with E-state index in [-0.39, 0.29) is 32.0 Å². The molecule has 0 bridgehead atoms. The molecule has 2 rings (SSSR count). The normalized spacial score (nSPS) is 16.8. The van der Waals surface area contributed by atoms with Crippen molar-refractivity contribution in [2.45, 2.75) is 70.9 Å². The van der Waals surface area contributed by atoms with Gasteiger partial charge < -0.3 is 25.0 Å². The third kappa shape index (κ3) is 7.51. The topological polar surface area (TPSA) is 122 Å². The molecule has 178 valence electrons. The monoisotopic (exact) mass is 449 g/mol. The van der Waals surface area contributed by atoms with Gasteiger partial charge in [-0.15, -0.1) is 0 Å². The van der Waals surface area contributed by atoms with Gasteiger partial charge in [-0.1, -0.05) is 38.3 Å². The van der Waals surface area contributed by atoms with Gasteiger partial charge in [0, 0.05) is 0 Å². The zero-order chi connectivity index (χ0) is 23.6. The van der Waals surface area contributed by atoms with Crippen LogP contribution in [0.5, 0.6) is 5.75 Å². The smallest absolute Gasteiger partial charge is 0.306 e. The number of carboxylic acid groups (broad SMARTS) is 2. The highest BCUT2D eigenvalue weighted by atomic mass is 16.5. The first-order valence-corrected chi connectivity index (χ1v) is 11.3. The Hall–Kier alpha value is -2.61. The minimum Gasteiger partial charge on any atom is -0.497 e. The van der Waals surface area contributed by atoms with Crippen molar-refractivity contribution < 1.29 is 34.1 Å². The Morgan fingerprint density at radius 2 is 1.91 bits per heavy atom. The SMILES string of the molecule is CCCC(CC1(C(=O)NC(COCc2cccc(OC)c2)CC(=O)O)CCCC1)C(=O)O. The number of ether oxygens (including phenoxy) is 2. The van der Waals surface area contributed by atoms with Gasteiger partial charge in [0.2, 0.25) is 5.91 Å². The molecule has 0 aromatic heterocycles. The summed E-state index contributed by atoms with van der Waals surface area (Å²) in [6.45, 7) is 2.23. The number of hydrogen-bond donors (Lipinski definition) is 3. The molecular weight excluding hydrogens is 414 g/mol. The van der Waals surface area contributed by atoms with E-state index in [1.165, 1.54) is 0 Å². The van der Waals surface area contributed by atoms with Gasteiger partial charge in [-0.2, -0.15) is 0 Å². The second-order valence-corrected chi connectivity index (χ2v) is 8.65. The van der Waals surface area contributed by atoms with Gasteiger partial charge >= 0.3 is 11.9 Å². The van der Waals surface area contributed by atoms with E-state index in [1.807, 2.05) is 31.2 Å². The maximum absolute atomic E-state index is 13.3. The minimum absolute atomic E-state index is 0.0443. The summed E-state index contributed by atoms with van der Waals surface area (Å²) in [5, 5.41) is 21.7. The molecule has 1 aliphatic carbocycles. The predicted molar refractivity (Wildman–Crippen MR) is 118 cm³/mol. The molecule has 8 heteroatoms. The molecule has 1 aromatic carbocycles. The van der Waals surface area contributed by atoms with Crippen molar-refractivity contribution in [3.05, 3.63) is 29.8 Å². The van der Waals surface area contributed by atoms with Gasteiger partial charge in [-0.05, 0) is 43.4 Å². The number of nitrogens with one attached hydrogen (secondary N) is 1. The lowest BCUT2D eigenvalue weighted by molar-refractivity contribution is -0.144. The highest BCUT2D eigenvalue weighted by Gasteiger charge is 2.44. The Morgan fingerprint density at radius 1 is 1.19 bits per heavy atom. The molecule has 1 aliphatic rings. The number of methoxy groups -OCH3 is 1. The maximum Gasteiger partial charge on any atom is 0.306 e. The zero-order valence-electron chi connectivity index (χ0n) is 19.0. The van der Waals surface area contributed by atoms with E-state index in [2.05, 4.69) is 5.32 Å². The van der Waals surface area contributed by atoms with E-state index in [9.17, 15) is 24.6 Å². The van der Waals surface area contributed by atoms with Crippen LogP contribution in [0.4, 0.5) is 0 Å². The third-order valence-electron chi connectivity index (χ3n) is 6.14. The standard InChI is InChI=1S/C24H35NO7/c1-3-7-18(22(28)29)14-24(10-4-5-11-24)23(30)25-19(13-21(26)27)16-32-15-17-8-6-9-20(12-17)31-2/h6,8-9,12,18-19H,3-5,7,10-11,13-16H2,1-2H3,(H,25,30)(H,26,27)(H,28,29). The van der Waals surface area contributed by atoms with Crippen LogP contribution in [0, 0.1) is 11.3 Å². The Morgan fingerprint density at radius 3 is 2.50 bits per heavy atom. The number of carbonyl (C=O) groups excluding carboxylic acids is 1. The molecule has 1 amide bonds. The van der Waals surface area contributed by atoms with Gasteiger partial charge in [0.1, 0.15) is 5.75 Å². The zero-order valence-corrected chi connectivity index (χ0v) is 19.0. The van der Waals surface area contributed by atoms with Crippen LogP contribution in [0.15, 0.2) is 24.3 Å². The summed E-state index contributed by atoms with van der Waals surface area (Å²) in [6.07, 6.45) is 4.24. The van der Waals surface area contributed by atoms with Crippen molar-refractivity contribution >= 4 is 17.8 Å². The molecule has 0 spiro atoms. The largest absolute Gasteiger partial charge is 0.497 e. The summed E-state index contributed by atoms with van der Waals surface area (Å²) in [5.41, 5.74) is 0.114. The molecule has 0 aliphatic heterocycles. The van der Waals surface area contributed by atoms with E-state index in [1.54, 1.807) is 7.11 Å².